The molecule has 0 fully saturated rings. The highest BCUT2D eigenvalue weighted by Gasteiger charge is 2.05. The van der Waals surface area contributed by atoms with E-state index in [9.17, 15) is 9.90 Å². The quantitative estimate of drug-likeness (QED) is 0.462. The predicted molar refractivity (Wildman–Crippen MR) is 89.1 cm³/mol. The second-order valence-corrected chi connectivity index (χ2v) is 5.33. The number of hydrogen-bond donors (Lipinski definition) is 1. The third-order valence-corrected chi connectivity index (χ3v) is 3.38. The maximum Gasteiger partial charge on any atom is 0.0863 e. The first-order valence-corrected chi connectivity index (χ1v) is 7.65. The highest BCUT2D eigenvalue weighted by atomic mass is 16.4. The van der Waals surface area contributed by atoms with Gasteiger partial charge in [-0.05, 0) is 56.9 Å². The van der Waals surface area contributed by atoms with Crippen LogP contribution in [0.1, 0.15) is 36.9 Å². The second-order valence-electron chi connectivity index (χ2n) is 5.33. The van der Waals surface area contributed by atoms with Crippen molar-refractivity contribution in [1.82, 2.24) is 4.98 Å². The number of carboxylic acid groups (broad SMARTS) is 1. The molecule has 5 heteroatoms. The van der Waals surface area contributed by atoms with E-state index in [2.05, 4.69) is 15.5 Å². The molecule has 0 aliphatic rings. The number of hydrazone groups is 1. The van der Waals surface area contributed by atoms with Crippen LogP contribution in [0.5, 0.6) is 0 Å². The Morgan fingerprint density at radius 1 is 1.13 bits per heavy atom. The first-order valence-electron chi connectivity index (χ1n) is 7.65. The minimum atomic E-state index is -1.01. The standard InChI is InChI=1S/C18H21N3O2/c1-14-9-11-15(12-10-14)20-21-17(7-2-3-8-18(22)23)16-6-4-5-13-19-16/h4-6,9-13,20H,2-3,7-8H2,1H3,(H,22,23)/p-1. The summed E-state index contributed by atoms with van der Waals surface area (Å²) in [4.78, 5) is 14.8. The molecular weight excluding hydrogens is 290 g/mol. The van der Waals surface area contributed by atoms with E-state index in [1.54, 1.807) is 6.20 Å². The molecule has 120 valence electrons. The maximum atomic E-state index is 10.5. The van der Waals surface area contributed by atoms with Crippen molar-refractivity contribution in [3.8, 4) is 0 Å². The summed E-state index contributed by atoms with van der Waals surface area (Å²) in [5, 5.41) is 14.9. The number of anilines is 1. The van der Waals surface area contributed by atoms with Gasteiger partial charge in [-0.15, -0.1) is 0 Å². The lowest BCUT2D eigenvalue weighted by molar-refractivity contribution is -0.305. The molecule has 0 spiro atoms. The van der Waals surface area contributed by atoms with Crippen LogP contribution in [0.2, 0.25) is 0 Å². The van der Waals surface area contributed by atoms with Gasteiger partial charge in [-0.3, -0.25) is 10.4 Å². The zero-order chi connectivity index (χ0) is 16.5. The smallest absolute Gasteiger partial charge is 0.0863 e. The van der Waals surface area contributed by atoms with Crippen LogP contribution in [0.25, 0.3) is 0 Å². The van der Waals surface area contributed by atoms with Crippen molar-refractivity contribution in [2.45, 2.75) is 32.6 Å². The molecule has 0 saturated heterocycles. The van der Waals surface area contributed by atoms with E-state index >= 15 is 0 Å². The zero-order valence-electron chi connectivity index (χ0n) is 13.2. The van der Waals surface area contributed by atoms with Crippen molar-refractivity contribution in [2.75, 3.05) is 5.43 Å². The molecule has 0 radical (unpaired) electrons. The monoisotopic (exact) mass is 310 g/mol. The Balaban J connectivity index is 2.04. The van der Waals surface area contributed by atoms with Crippen LogP contribution in [0, 0.1) is 6.92 Å². The Labute approximate surface area is 136 Å². The number of hydrogen-bond acceptors (Lipinski definition) is 5. The lowest BCUT2D eigenvalue weighted by atomic mass is 10.1. The average molecular weight is 310 g/mol. The fraction of sp³-hybridized carbons (Fsp3) is 0.278. The van der Waals surface area contributed by atoms with E-state index < -0.39 is 5.97 Å². The summed E-state index contributed by atoms with van der Waals surface area (Å²) in [6.45, 7) is 2.03. The largest absolute Gasteiger partial charge is 0.550 e. The number of carbonyl (C=O) groups excluding carboxylic acids is 1. The van der Waals surface area contributed by atoms with Gasteiger partial charge in [0.1, 0.15) is 0 Å². The van der Waals surface area contributed by atoms with E-state index in [1.165, 1.54) is 5.56 Å². The molecule has 0 unspecified atom stereocenters. The number of carbonyl (C=O) groups is 1. The SMILES string of the molecule is Cc1ccc(NN=C(CCCCC(=O)[O-])c2ccccn2)cc1. The number of carboxylic acids is 1. The summed E-state index contributed by atoms with van der Waals surface area (Å²) in [6.07, 6.45) is 3.74. The lowest BCUT2D eigenvalue weighted by Crippen LogP contribution is -2.21. The van der Waals surface area contributed by atoms with E-state index in [1.807, 2.05) is 49.4 Å². The predicted octanol–water partition coefficient (Wildman–Crippen LogP) is 2.52. The molecule has 5 nitrogen and oxygen atoms in total. The Hall–Kier alpha value is -2.69. The van der Waals surface area contributed by atoms with Crippen molar-refractivity contribution < 1.29 is 9.90 Å². The molecule has 1 aromatic carbocycles. The third-order valence-electron chi connectivity index (χ3n) is 3.38. The Kier molecular flexibility index (Phi) is 6.29. The van der Waals surface area contributed by atoms with Crippen LogP contribution in [-0.4, -0.2) is 16.7 Å². The number of unbranched alkanes of at least 4 members (excludes halogenated alkanes) is 1. The van der Waals surface area contributed by atoms with Gasteiger partial charge in [0.25, 0.3) is 0 Å². The van der Waals surface area contributed by atoms with Crippen molar-refractivity contribution in [2.24, 2.45) is 5.10 Å². The molecule has 0 bridgehead atoms. The average Bonchev–Trinajstić information content (AvgIpc) is 2.56. The van der Waals surface area contributed by atoms with Gasteiger partial charge in [0.2, 0.25) is 0 Å². The van der Waals surface area contributed by atoms with Crippen molar-refractivity contribution >= 4 is 17.4 Å². The number of pyridine rings is 1. The van der Waals surface area contributed by atoms with Crippen LogP contribution in [-0.2, 0) is 4.79 Å². The van der Waals surface area contributed by atoms with Gasteiger partial charge in [0.05, 0.1) is 17.1 Å². The molecular formula is C18H20N3O2-. The summed E-state index contributed by atoms with van der Waals surface area (Å²) in [5.74, 6) is -1.01. The Morgan fingerprint density at radius 3 is 2.52 bits per heavy atom. The highest BCUT2D eigenvalue weighted by molar-refractivity contribution is 5.99. The molecule has 23 heavy (non-hydrogen) atoms. The van der Waals surface area contributed by atoms with Crippen molar-refractivity contribution in [1.29, 1.82) is 0 Å². The summed E-state index contributed by atoms with van der Waals surface area (Å²) in [5.41, 5.74) is 6.73. The molecule has 0 saturated carbocycles. The molecule has 2 aromatic rings. The second kappa shape index (κ2) is 8.68. The van der Waals surface area contributed by atoms with Crippen LogP contribution in [0.3, 0.4) is 0 Å². The number of aromatic nitrogens is 1. The van der Waals surface area contributed by atoms with Gasteiger partial charge in [0.15, 0.2) is 0 Å². The van der Waals surface area contributed by atoms with Crippen LogP contribution < -0.4 is 10.5 Å². The summed E-state index contributed by atoms with van der Waals surface area (Å²) < 4.78 is 0. The van der Waals surface area contributed by atoms with E-state index in [-0.39, 0.29) is 6.42 Å². The van der Waals surface area contributed by atoms with Crippen LogP contribution >= 0.6 is 0 Å². The molecule has 1 aromatic heterocycles. The van der Waals surface area contributed by atoms with Gasteiger partial charge in [-0.25, -0.2) is 0 Å². The lowest BCUT2D eigenvalue weighted by Gasteiger charge is -2.08. The van der Waals surface area contributed by atoms with E-state index in [0.29, 0.717) is 12.8 Å². The van der Waals surface area contributed by atoms with Gasteiger partial charge in [0, 0.05) is 12.2 Å². The molecule has 0 aliphatic carbocycles. The van der Waals surface area contributed by atoms with Gasteiger partial charge >= 0.3 is 0 Å². The van der Waals surface area contributed by atoms with E-state index in [0.717, 1.165) is 23.5 Å². The number of benzene rings is 1. The fourth-order valence-electron chi connectivity index (χ4n) is 2.10. The summed E-state index contributed by atoms with van der Waals surface area (Å²) in [6, 6.07) is 13.6. The molecule has 1 heterocycles. The molecule has 2 rings (SSSR count). The molecule has 1 N–H and O–H groups in total. The van der Waals surface area contributed by atoms with Gasteiger partial charge in [-0.1, -0.05) is 23.8 Å². The number of nitrogens with one attached hydrogen (secondary N) is 1. The minimum absolute atomic E-state index is 0.0703. The van der Waals surface area contributed by atoms with Gasteiger partial charge in [-0.2, -0.15) is 5.10 Å². The highest BCUT2D eigenvalue weighted by Crippen LogP contribution is 2.11. The van der Waals surface area contributed by atoms with Crippen LogP contribution in [0.4, 0.5) is 5.69 Å². The first kappa shape index (κ1) is 16.7. The molecule has 0 atom stereocenters. The Bertz CT molecular complexity index is 652. The molecule has 0 amide bonds. The van der Waals surface area contributed by atoms with E-state index in [4.69, 9.17) is 0 Å². The van der Waals surface area contributed by atoms with Crippen LogP contribution in [0.15, 0.2) is 53.8 Å². The number of nitrogens with zero attached hydrogens (tertiary/aromatic N) is 2. The zero-order valence-corrected chi connectivity index (χ0v) is 13.2. The van der Waals surface area contributed by atoms with Crippen molar-refractivity contribution in [3.63, 3.8) is 0 Å². The summed E-state index contributed by atoms with van der Waals surface area (Å²) >= 11 is 0. The maximum absolute atomic E-state index is 10.5. The normalized spacial score (nSPS) is 11.3. The third kappa shape index (κ3) is 5.90. The van der Waals surface area contributed by atoms with Gasteiger partial charge < -0.3 is 9.90 Å². The molecule has 0 aliphatic heterocycles. The number of aryl methyl sites for hydroxylation is 1. The summed E-state index contributed by atoms with van der Waals surface area (Å²) in [7, 11) is 0. The fourth-order valence-corrected chi connectivity index (χ4v) is 2.10. The van der Waals surface area contributed by atoms with Crippen molar-refractivity contribution in [3.05, 3.63) is 59.9 Å². The minimum Gasteiger partial charge on any atom is -0.550 e. The topological polar surface area (TPSA) is 77.4 Å². The first-order chi connectivity index (χ1) is 11.1. The number of aliphatic carboxylic acids is 1. The number of rotatable bonds is 8. The Morgan fingerprint density at radius 2 is 1.87 bits per heavy atom.